The van der Waals surface area contributed by atoms with Gasteiger partial charge in [0.15, 0.2) is 0 Å². The van der Waals surface area contributed by atoms with Gasteiger partial charge in [0, 0.05) is 27.5 Å². The summed E-state index contributed by atoms with van der Waals surface area (Å²) in [6.45, 7) is 9.18. The lowest BCUT2D eigenvalue weighted by atomic mass is 9.96. The molecule has 1 N–H and O–H groups in total. The Morgan fingerprint density at radius 1 is 1.21 bits per heavy atom. The molecule has 4 atom stereocenters. The summed E-state index contributed by atoms with van der Waals surface area (Å²) in [7, 11) is 2.10. The van der Waals surface area contributed by atoms with Crippen LogP contribution in [0.1, 0.15) is 36.6 Å². The van der Waals surface area contributed by atoms with Crippen molar-refractivity contribution in [2.45, 2.75) is 49.5 Å². The topological polar surface area (TPSA) is 12.0 Å². The Kier molecular flexibility index (Phi) is 5.27. The third kappa shape index (κ3) is 3.32. The van der Waals surface area contributed by atoms with Crippen LogP contribution in [0.3, 0.4) is 0 Å². The van der Waals surface area contributed by atoms with Crippen LogP contribution in [0.25, 0.3) is 0 Å². The number of hydrogen-bond acceptors (Lipinski definition) is 3. The SMILES string of the molecule is CNC(c1cccc(C)c1C)C1CSC(C)C(C)S1. The van der Waals surface area contributed by atoms with Crippen molar-refractivity contribution in [3.63, 3.8) is 0 Å². The minimum absolute atomic E-state index is 0.465. The Bertz CT molecular complexity index is 433. The Morgan fingerprint density at radius 3 is 2.58 bits per heavy atom. The first-order valence-corrected chi connectivity index (χ1v) is 9.04. The zero-order chi connectivity index (χ0) is 14.0. The highest BCUT2D eigenvalue weighted by atomic mass is 32.2. The minimum Gasteiger partial charge on any atom is -0.312 e. The van der Waals surface area contributed by atoms with Crippen LogP contribution in [0.5, 0.6) is 0 Å². The zero-order valence-corrected chi connectivity index (χ0v) is 14.2. The first-order chi connectivity index (χ1) is 9.04. The van der Waals surface area contributed by atoms with Gasteiger partial charge < -0.3 is 5.32 Å². The van der Waals surface area contributed by atoms with Gasteiger partial charge >= 0.3 is 0 Å². The number of thioether (sulfide) groups is 2. The van der Waals surface area contributed by atoms with Gasteiger partial charge in [-0.05, 0) is 37.6 Å². The summed E-state index contributed by atoms with van der Waals surface area (Å²) >= 11 is 4.28. The molecule has 1 saturated heterocycles. The zero-order valence-electron chi connectivity index (χ0n) is 12.6. The van der Waals surface area contributed by atoms with Crippen LogP contribution in [-0.2, 0) is 0 Å². The largest absolute Gasteiger partial charge is 0.312 e. The van der Waals surface area contributed by atoms with Crippen LogP contribution in [0.4, 0.5) is 0 Å². The molecule has 19 heavy (non-hydrogen) atoms. The molecule has 0 amide bonds. The van der Waals surface area contributed by atoms with E-state index in [2.05, 4.69) is 81.8 Å². The Hall–Kier alpha value is -0.120. The van der Waals surface area contributed by atoms with Crippen molar-refractivity contribution in [1.82, 2.24) is 5.32 Å². The van der Waals surface area contributed by atoms with Crippen molar-refractivity contribution in [2.24, 2.45) is 0 Å². The molecule has 1 aliphatic rings. The molecule has 0 saturated carbocycles. The average Bonchev–Trinajstić information content (AvgIpc) is 2.39. The van der Waals surface area contributed by atoms with Gasteiger partial charge in [0.25, 0.3) is 0 Å². The number of rotatable bonds is 3. The summed E-state index contributed by atoms with van der Waals surface area (Å²) in [6.07, 6.45) is 0. The predicted octanol–water partition coefficient (Wildman–Crippen LogP) is 4.19. The lowest BCUT2D eigenvalue weighted by molar-refractivity contribution is 0.584. The van der Waals surface area contributed by atoms with Crippen molar-refractivity contribution < 1.29 is 0 Å². The average molecular weight is 296 g/mol. The molecule has 1 aromatic rings. The minimum atomic E-state index is 0.465. The van der Waals surface area contributed by atoms with Crippen molar-refractivity contribution in [1.29, 1.82) is 0 Å². The van der Waals surface area contributed by atoms with Gasteiger partial charge in [-0.1, -0.05) is 32.0 Å². The van der Waals surface area contributed by atoms with Gasteiger partial charge in [0.2, 0.25) is 0 Å². The van der Waals surface area contributed by atoms with E-state index in [1.165, 1.54) is 22.4 Å². The van der Waals surface area contributed by atoms with Gasteiger partial charge in [0.1, 0.15) is 0 Å². The Balaban J connectivity index is 2.22. The molecular weight excluding hydrogens is 270 g/mol. The molecule has 0 aromatic heterocycles. The second-order valence-corrected chi connectivity index (χ2v) is 8.51. The molecule has 1 heterocycles. The fourth-order valence-electron chi connectivity index (χ4n) is 2.63. The second-order valence-electron chi connectivity index (χ2n) is 5.47. The highest BCUT2D eigenvalue weighted by molar-refractivity contribution is 8.07. The third-order valence-electron chi connectivity index (χ3n) is 4.24. The van der Waals surface area contributed by atoms with Gasteiger partial charge in [0.05, 0.1) is 0 Å². The molecule has 1 nitrogen and oxygen atoms in total. The fourth-order valence-corrected chi connectivity index (χ4v) is 5.78. The Labute approximate surface area is 126 Å². The Morgan fingerprint density at radius 2 is 1.95 bits per heavy atom. The summed E-state index contributed by atoms with van der Waals surface area (Å²) in [5.41, 5.74) is 4.31. The highest BCUT2D eigenvalue weighted by Crippen LogP contribution is 2.41. The summed E-state index contributed by atoms with van der Waals surface area (Å²) < 4.78 is 0. The summed E-state index contributed by atoms with van der Waals surface area (Å²) in [4.78, 5) is 0. The molecule has 4 unspecified atom stereocenters. The van der Waals surface area contributed by atoms with E-state index in [9.17, 15) is 0 Å². The number of hydrogen-bond donors (Lipinski definition) is 1. The molecule has 0 spiro atoms. The van der Waals surface area contributed by atoms with Gasteiger partial charge in [-0.3, -0.25) is 0 Å². The molecule has 1 aromatic carbocycles. The van der Waals surface area contributed by atoms with Crippen LogP contribution in [-0.4, -0.2) is 28.6 Å². The standard InChI is InChI=1S/C16H25NS2/c1-10-7-6-8-14(11(10)2)16(17-5)15-9-18-12(3)13(4)19-15/h6-8,12-13,15-17H,9H2,1-5H3. The second kappa shape index (κ2) is 6.55. The number of nitrogens with one attached hydrogen (secondary N) is 1. The molecule has 2 rings (SSSR count). The molecule has 1 fully saturated rings. The maximum atomic E-state index is 3.56. The van der Waals surface area contributed by atoms with Crippen LogP contribution >= 0.6 is 23.5 Å². The molecule has 3 heteroatoms. The van der Waals surface area contributed by atoms with E-state index >= 15 is 0 Å². The smallest absolute Gasteiger partial charge is 0.0449 e. The quantitative estimate of drug-likeness (QED) is 0.898. The lowest BCUT2D eigenvalue weighted by Gasteiger charge is -2.36. The monoisotopic (exact) mass is 295 g/mol. The maximum absolute atomic E-state index is 3.56. The first kappa shape index (κ1) is 15.3. The van der Waals surface area contributed by atoms with Gasteiger partial charge in [-0.2, -0.15) is 23.5 Å². The van der Waals surface area contributed by atoms with Gasteiger partial charge in [-0.15, -0.1) is 0 Å². The predicted molar refractivity (Wildman–Crippen MR) is 90.5 cm³/mol. The van der Waals surface area contributed by atoms with E-state index in [0.29, 0.717) is 11.3 Å². The van der Waals surface area contributed by atoms with E-state index in [4.69, 9.17) is 0 Å². The van der Waals surface area contributed by atoms with Gasteiger partial charge in [-0.25, -0.2) is 0 Å². The van der Waals surface area contributed by atoms with Crippen molar-refractivity contribution in [3.8, 4) is 0 Å². The van der Waals surface area contributed by atoms with Crippen LogP contribution < -0.4 is 5.32 Å². The van der Waals surface area contributed by atoms with Crippen LogP contribution in [0.2, 0.25) is 0 Å². The molecule has 0 bridgehead atoms. The van der Waals surface area contributed by atoms with Crippen LogP contribution in [0, 0.1) is 13.8 Å². The van der Waals surface area contributed by atoms with Crippen molar-refractivity contribution in [3.05, 3.63) is 34.9 Å². The molecule has 1 aliphatic heterocycles. The third-order valence-corrected chi connectivity index (χ3v) is 7.73. The number of aryl methyl sites for hydroxylation is 1. The fraction of sp³-hybridized carbons (Fsp3) is 0.625. The van der Waals surface area contributed by atoms with E-state index in [1.807, 2.05) is 0 Å². The molecule has 106 valence electrons. The highest BCUT2D eigenvalue weighted by Gasteiger charge is 2.32. The molecular formula is C16H25NS2. The van der Waals surface area contributed by atoms with E-state index in [0.717, 1.165) is 10.5 Å². The number of benzene rings is 1. The molecule has 0 radical (unpaired) electrons. The first-order valence-electron chi connectivity index (χ1n) is 7.05. The van der Waals surface area contributed by atoms with Crippen molar-refractivity contribution >= 4 is 23.5 Å². The maximum Gasteiger partial charge on any atom is 0.0449 e. The summed E-state index contributed by atoms with van der Waals surface area (Å²) in [5.74, 6) is 1.25. The molecule has 0 aliphatic carbocycles. The van der Waals surface area contributed by atoms with Crippen LogP contribution in [0.15, 0.2) is 18.2 Å². The van der Waals surface area contributed by atoms with E-state index < -0.39 is 0 Å². The van der Waals surface area contributed by atoms with E-state index in [-0.39, 0.29) is 0 Å². The van der Waals surface area contributed by atoms with E-state index in [1.54, 1.807) is 0 Å². The summed E-state index contributed by atoms with van der Waals surface area (Å²) in [6, 6.07) is 7.15. The van der Waals surface area contributed by atoms with Crippen molar-refractivity contribution in [2.75, 3.05) is 12.8 Å². The summed E-state index contributed by atoms with van der Waals surface area (Å²) in [5, 5.41) is 5.74. The lowest BCUT2D eigenvalue weighted by Crippen LogP contribution is -2.36. The normalized spacial score (nSPS) is 29.2.